The van der Waals surface area contributed by atoms with Crippen LogP contribution in [0.25, 0.3) is 10.8 Å². The summed E-state index contributed by atoms with van der Waals surface area (Å²) in [5.41, 5.74) is 12.0. The summed E-state index contributed by atoms with van der Waals surface area (Å²) in [4.78, 5) is 87.4. The summed E-state index contributed by atoms with van der Waals surface area (Å²) in [7, 11) is 0. The molecule has 2 aromatic carbocycles. The van der Waals surface area contributed by atoms with Crippen molar-refractivity contribution in [3.63, 3.8) is 0 Å². The number of imide groups is 1. The van der Waals surface area contributed by atoms with Crippen molar-refractivity contribution >= 4 is 40.1 Å². The molecule has 8 atom stereocenters. The lowest BCUT2D eigenvalue weighted by Crippen LogP contribution is -2.63. The Morgan fingerprint density at radius 1 is 1.00 bits per heavy atom. The number of aliphatic hydroxyl groups is 1. The number of fused-ring (bicyclic) bond motifs is 1. The van der Waals surface area contributed by atoms with Crippen molar-refractivity contribution in [2.45, 2.75) is 110 Å². The summed E-state index contributed by atoms with van der Waals surface area (Å²) in [6, 6.07) is 10.5. The maximum absolute atomic E-state index is 15.6. The van der Waals surface area contributed by atoms with Gasteiger partial charge in [-0.15, -0.1) is 0 Å². The Labute approximate surface area is 380 Å². The number of nitrogens with one attached hydrogen (secondary N) is 2. The zero-order chi connectivity index (χ0) is 47.2. The number of aromatic hydroxyl groups is 1. The Morgan fingerprint density at radius 2 is 1.71 bits per heavy atom. The molecule has 0 aliphatic carbocycles. The number of ketones is 2. The van der Waals surface area contributed by atoms with Gasteiger partial charge in [0.1, 0.15) is 29.1 Å². The molecule has 350 valence electrons. The number of imidazole rings is 1. The molecule has 4 heterocycles. The molecule has 0 spiro atoms. The zero-order valence-corrected chi connectivity index (χ0v) is 38.4. The number of aromatic amines is 1. The highest BCUT2D eigenvalue weighted by molar-refractivity contribution is 6.11. The van der Waals surface area contributed by atoms with Crippen LogP contribution in [-0.4, -0.2) is 120 Å². The molecule has 16 heteroatoms. The lowest BCUT2D eigenvalue weighted by atomic mass is 9.71. The third kappa shape index (κ3) is 10.8. The van der Waals surface area contributed by atoms with Crippen LogP contribution in [0.4, 0.5) is 0 Å². The molecule has 2 saturated heterocycles. The quantitative estimate of drug-likeness (QED) is 0.0517. The fourth-order valence-corrected chi connectivity index (χ4v) is 9.28. The van der Waals surface area contributed by atoms with Gasteiger partial charge >= 0.3 is 0 Å². The molecule has 65 heavy (non-hydrogen) atoms. The molecule has 6 rings (SSSR count). The van der Waals surface area contributed by atoms with Crippen molar-refractivity contribution in [1.82, 2.24) is 30.1 Å². The number of benzene rings is 2. The Hall–Kier alpha value is -5.39. The maximum Gasteiger partial charge on any atom is 0.248 e. The molecule has 16 nitrogen and oxygen atoms in total. The SMILES string of the molecule is CC[C@H](C)[C@@H](N)C(=O)NCc1ncc(C(=O)C(C[C@@](O)(C(=O)[C@H](Cc2cnc[nH]2)N2C(=O)C(Cc3cccc4ccccc34)C(N3CCOCC3)C2=O)[C@@H](N)CC(C)C)C(C)C)cc1O. The van der Waals surface area contributed by atoms with Gasteiger partial charge in [0.15, 0.2) is 11.6 Å². The van der Waals surface area contributed by atoms with Crippen LogP contribution in [0, 0.1) is 29.6 Å². The highest BCUT2D eigenvalue weighted by Crippen LogP contribution is 2.38. The molecule has 4 aromatic rings. The summed E-state index contributed by atoms with van der Waals surface area (Å²) >= 11 is 0. The molecule has 8 N–H and O–H groups in total. The van der Waals surface area contributed by atoms with Gasteiger partial charge in [-0.05, 0) is 59.4 Å². The number of H-pyrrole nitrogens is 1. The van der Waals surface area contributed by atoms with Crippen molar-refractivity contribution in [2.24, 2.45) is 41.1 Å². The highest BCUT2D eigenvalue weighted by atomic mass is 16.5. The fourth-order valence-electron chi connectivity index (χ4n) is 9.28. The second-order valence-corrected chi connectivity index (χ2v) is 18.6. The number of nitrogens with zero attached hydrogens (tertiary/aromatic N) is 4. The first kappa shape index (κ1) is 49.1. The van der Waals surface area contributed by atoms with Gasteiger partial charge in [-0.3, -0.25) is 38.8 Å². The average Bonchev–Trinajstić information content (AvgIpc) is 3.90. The molecule has 2 aromatic heterocycles. The van der Waals surface area contributed by atoms with Gasteiger partial charge in [-0.2, -0.15) is 0 Å². The van der Waals surface area contributed by atoms with Crippen molar-refractivity contribution in [2.75, 3.05) is 26.3 Å². The Kier molecular flexibility index (Phi) is 16.1. The van der Waals surface area contributed by atoms with Gasteiger partial charge < -0.3 is 36.7 Å². The van der Waals surface area contributed by atoms with E-state index in [1.165, 1.54) is 24.8 Å². The maximum atomic E-state index is 15.6. The van der Waals surface area contributed by atoms with Crippen LogP contribution >= 0.6 is 0 Å². The van der Waals surface area contributed by atoms with E-state index in [2.05, 4.69) is 20.3 Å². The van der Waals surface area contributed by atoms with Crippen molar-refractivity contribution in [3.8, 4) is 5.75 Å². The smallest absolute Gasteiger partial charge is 0.248 e. The monoisotopic (exact) mass is 895 g/mol. The Balaban J connectivity index is 1.36. The van der Waals surface area contributed by atoms with Gasteiger partial charge in [0.2, 0.25) is 17.7 Å². The van der Waals surface area contributed by atoms with Crippen LogP contribution in [0.1, 0.15) is 88.1 Å². The summed E-state index contributed by atoms with van der Waals surface area (Å²) in [6.07, 6.45) is 4.66. The highest BCUT2D eigenvalue weighted by Gasteiger charge is 2.57. The summed E-state index contributed by atoms with van der Waals surface area (Å²) in [5.74, 6) is -5.76. The molecule has 3 unspecified atom stereocenters. The summed E-state index contributed by atoms with van der Waals surface area (Å²) < 4.78 is 5.65. The van der Waals surface area contributed by atoms with Crippen molar-refractivity contribution in [1.29, 1.82) is 0 Å². The van der Waals surface area contributed by atoms with E-state index in [-0.39, 0.29) is 54.6 Å². The first-order valence-electron chi connectivity index (χ1n) is 22.9. The van der Waals surface area contributed by atoms with Crippen LogP contribution in [0.2, 0.25) is 0 Å². The Morgan fingerprint density at radius 3 is 2.35 bits per heavy atom. The molecular weight excluding hydrogens is 829 g/mol. The van der Waals surface area contributed by atoms with Gasteiger partial charge in [0.05, 0.1) is 38.0 Å². The number of amides is 3. The van der Waals surface area contributed by atoms with Gasteiger partial charge in [0, 0.05) is 55.1 Å². The van der Waals surface area contributed by atoms with Crippen molar-refractivity contribution in [3.05, 3.63) is 89.8 Å². The van der Waals surface area contributed by atoms with E-state index in [9.17, 15) is 19.8 Å². The molecule has 0 saturated carbocycles. The number of hydrogen-bond acceptors (Lipinski definition) is 13. The topological polar surface area (TPSA) is 247 Å². The minimum Gasteiger partial charge on any atom is -0.506 e. The van der Waals surface area contributed by atoms with Gasteiger partial charge in [-0.1, -0.05) is 90.4 Å². The van der Waals surface area contributed by atoms with E-state index in [0.29, 0.717) is 38.4 Å². The predicted octanol–water partition coefficient (Wildman–Crippen LogP) is 3.71. The normalized spacial score (nSPS) is 20.4. The van der Waals surface area contributed by atoms with E-state index in [1.54, 1.807) is 13.8 Å². The van der Waals surface area contributed by atoms with Crippen molar-refractivity contribution < 1.29 is 38.9 Å². The number of ether oxygens (including phenoxy) is 1. The minimum atomic E-state index is -2.43. The number of rotatable bonds is 21. The number of likely N-dealkylation sites (tertiary alicyclic amines) is 1. The second kappa shape index (κ2) is 21.3. The largest absolute Gasteiger partial charge is 0.506 e. The number of aromatic nitrogens is 3. The molecular formula is C49H66N8O8. The minimum absolute atomic E-state index is 0.0170. The third-order valence-corrected chi connectivity index (χ3v) is 13.4. The van der Waals surface area contributed by atoms with Crippen LogP contribution < -0.4 is 16.8 Å². The number of pyridine rings is 1. The lowest BCUT2D eigenvalue weighted by molar-refractivity contribution is -0.157. The molecule has 2 aliphatic rings. The van der Waals surface area contributed by atoms with E-state index in [0.717, 1.165) is 21.2 Å². The number of carbonyl (C=O) groups excluding carboxylic acids is 5. The number of carbonyl (C=O) groups is 5. The third-order valence-electron chi connectivity index (χ3n) is 13.4. The molecule has 2 fully saturated rings. The summed E-state index contributed by atoms with van der Waals surface area (Å²) in [6.45, 7) is 12.5. The number of morpholine rings is 1. The van der Waals surface area contributed by atoms with E-state index >= 15 is 14.4 Å². The fraction of sp³-hybridized carbons (Fsp3) is 0.531. The Bertz CT molecular complexity index is 2310. The molecule has 0 bridgehead atoms. The summed E-state index contributed by atoms with van der Waals surface area (Å²) in [5, 5.41) is 28.7. The zero-order valence-electron chi connectivity index (χ0n) is 38.4. The average molecular weight is 895 g/mol. The van der Waals surface area contributed by atoms with Crippen LogP contribution in [-0.2, 0) is 43.3 Å². The van der Waals surface area contributed by atoms with Gasteiger partial charge in [-0.25, -0.2) is 4.98 Å². The van der Waals surface area contributed by atoms with Crippen LogP contribution in [0.15, 0.2) is 67.3 Å². The van der Waals surface area contributed by atoms with Gasteiger partial charge in [0.25, 0.3) is 0 Å². The lowest BCUT2D eigenvalue weighted by Gasteiger charge is -2.40. The standard InChI is InChI=1S/C49H66N8O8/c1-7-30(6)42(51)46(61)54-26-38-40(58)21-33(24-53-38)44(59)37(29(4)5)23-49(64,41(50)19-28(2)3)45(60)39(22-34-25-52-27-55-34)57-47(62)36(43(48(57)63)56-15-17-65-18-16-56)20-32-13-10-12-31-11-8-9-14-35(31)32/h8-14,21,24-25,27-30,36-37,39,41-43,58,64H,7,15-20,22-23,26,50-51H2,1-6H3,(H,52,55)(H,54,61)/t30-,36?,37?,39-,41-,42+,43?,49-/m0/s1. The molecule has 3 amide bonds. The van der Waals surface area contributed by atoms with Crippen LogP contribution in [0.5, 0.6) is 5.75 Å². The first-order chi connectivity index (χ1) is 31.0. The van der Waals surface area contributed by atoms with E-state index < -0.39 is 83.2 Å². The van der Waals surface area contributed by atoms with E-state index in [1.807, 2.05) is 75.1 Å². The van der Waals surface area contributed by atoms with E-state index in [4.69, 9.17) is 16.2 Å². The molecule has 2 aliphatic heterocycles. The van der Waals surface area contributed by atoms with Crippen LogP contribution in [0.3, 0.4) is 0 Å². The number of Topliss-reactive ketones (excluding diaryl/α,β-unsaturated/α-hetero) is 2. The number of hydrogen-bond donors (Lipinski definition) is 6. The first-order valence-corrected chi connectivity index (χ1v) is 22.9. The molecule has 0 radical (unpaired) electrons. The predicted molar refractivity (Wildman–Crippen MR) is 245 cm³/mol. The number of nitrogens with two attached hydrogens (primary N) is 2. The second-order valence-electron chi connectivity index (χ2n) is 18.6.